The number of Topliss-reactive ketones (excluding diaryl/α,β-unsaturated/α-hetero) is 1. The molecule has 2 rings (SSSR count). The molecule has 0 heterocycles. The summed E-state index contributed by atoms with van der Waals surface area (Å²) in [5.74, 6) is -1.05. The van der Waals surface area contributed by atoms with Crippen LogP contribution in [0.1, 0.15) is 26.3 Å². The molecular formula is C16H13BrO4. The molecule has 2 aromatic carbocycles. The van der Waals surface area contributed by atoms with E-state index in [0.29, 0.717) is 5.56 Å². The highest BCUT2D eigenvalue weighted by atomic mass is 79.9. The van der Waals surface area contributed by atoms with E-state index in [1.54, 1.807) is 6.07 Å². The van der Waals surface area contributed by atoms with Crippen molar-refractivity contribution in [2.75, 3.05) is 5.33 Å². The molecule has 108 valence electrons. The Morgan fingerprint density at radius 2 is 1.81 bits per heavy atom. The number of benzene rings is 2. The molecule has 0 saturated carbocycles. The van der Waals surface area contributed by atoms with Crippen LogP contribution in [0.2, 0.25) is 0 Å². The van der Waals surface area contributed by atoms with Crippen LogP contribution >= 0.6 is 15.9 Å². The van der Waals surface area contributed by atoms with Gasteiger partial charge in [0.25, 0.3) is 0 Å². The predicted octanol–water partition coefficient (Wildman–Crippen LogP) is 3.54. The summed E-state index contributed by atoms with van der Waals surface area (Å²) in [4.78, 5) is 22.9. The van der Waals surface area contributed by atoms with Gasteiger partial charge in [-0.2, -0.15) is 0 Å². The minimum Gasteiger partial charge on any atom is -0.488 e. The summed E-state index contributed by atoms with van der Waals surface area (Å²) in [6.07, 6.45) is 0. The number of aromatic carboxylic acids is 1. The Labute approximate surface area is 130 Å². The Kier molecular flexibility index (Phi) is 5.11. The number of carboxylic acid groups (broad SMARTS) is 1. The van der Waals surface area contributed by atoms with Crippen molar-refractivity contribution in [1.82, 2.24) is 0 Å². The van der Waals surface area contributed by atoms with Crippen LogP contribution in [0, 0.1) is 0 Å². The normalized spacial score (nSPS) is 10.1. The molecule has 0 atom stereocenters. The molecular weight excluding hydrogens is 336 g/mol. The van der Waals surface area contributed by atoms with Crippen LogP contribution in [-0.4, -0.2) is 22.2 Å². The minimum absolute atomic E-state index is 0.0160. The molecule has 0 amide bonds. The van der Waals surface area contributed by atoms with Crippen LogP contribution < -0.4 is 4.74 Å². The molecule has 0 radical (unpaired) electrons. The summed E-state index contributed by atoms with van der Waals surface area (Å²) < 4.78 is 5.55. The first-order chi connectivity index (χ1) is 10.1. The predicted molar refractivity (Wildman–Crippen MR) is 82.3 cm³/mol. The summed E-state index contributed by atoms with van der Waals surface area (Å²) in [7, 11) is 0. The molecule has 4 nitrogen and oxygen atoms in total. The fourth-order valence-corrected chi connectivity index (χ4v) is 2.13. The van der Waals surface area contributed by atoms with Crippen molar-refractivity contribution < 1.29 is 19.4 Å². The summed E-state index contributed by atoms with van der Waals surface area (Å²) in [5.41, 5.74) is 1.27. The van der Waals surface area contributed by atoms with Crippen molar-refractivity contribution in [2.24, 2.45) is 0 Å². The zero-order valence-corrected chi connectivity index (χ0v) is 12.7. The van der Waals surface area contributed by atoms with Gasteiger partial charge in [0.15, 0.2) is 5.78 Å². The van der Waals surface area contributed by atoms with E-state index in [1.165, 1.54) is 12.1 Å². The van der Waals surface area contributed by atoms with E-state index in [1.807, 2.05) is 30.3 Å². The first-order valence-electron chi connectivity index (χ1n) is 6.25. The molecule has 1 N–H and O–H groups in total. The highest BCUT2D eigenvalue weighted by molar-refractivity contribution is 9.09. The number of hydrogen-bond donors (Lipinski definition) is 1. The van der Waals surface area contributed by atoms with Crippen LogP contribution in [0.4, 0.5) is 0 Å². The lowest BCUT2D eigenvalue weighted by Crippen LogP contribution is -2.07. The fourth-order valence-electron chi connectivity index (χ4n) is 1.81. The van der Waals surface area contributed by atoms with Crippen molar-refractivity contribution in [1.29, 1.82) is 0 Å². The van der Waals surface area contributed by atoms with E-state index in [0.717, 1.165) is 5.56 Å². The number of alkyl halides is 1. The molecule has 0 spiro atoms. The van der Waals surface area contributed by atoms with E-state index in [-0.39, 0.29) is 29.0 Å². The number of hydrogen-bond acceptors (Lipinski definition) is 3. The molecule has 0 aliphatic heterocycles. The third kappa shape index (κ3) is 3.92. The largest absolute Gasteiger partial charge is 0.488 e. The third-order valence-corrected chi connectivity index (χ3v) is 3.40. The summed E-state index contributed by atoms with van der Waals surface area (Å²) >= 11 is 3.06. The second kappa shape index (κ2) is 7.04. The van der Waals surface area contributed by atoms with Gasteiger partial charge in [0.2, 0.25) is 0 Å². The number of carboxylic acids is 1. The highest BCUT2D eigenvalue weighted by Crippen LogP contribution is 2.22. The van der Waals surface area contributed by atoms with Crippen LogP contribution in [0.3, 0.4) is 0 Å². The SMILES string of the molecule is O=C(CBr)c1ccc(OCc2ccccc2)c(C(=O)O)c1. The summed E-state index contributed by atoms with van der Waals surface area (Å²) in [5, 5.41) is 9.39. The monoisotopic (exact) mass is 348 g/mol. The van der Waals surface area contributed by atoms with Crippen LogP contribution in [-0.2, 0) is 6.61 Å². The zero-order valence-electron chi connectivity index (χ0n) is 11.1. The van der Waals surface area contributed by atoms with Crippen LogP contribution in [0.25, 0.3) is 0 Å². The Morgan fingerprint density at radius 1 is 1.10 bits per heavy atom. The Hall–Kier alpha value is -2.14. The Morgan fingerprint density at radius 3 is 2.43 bits per heavy atom. The topological polar surface area (TPSA) is 63.6 Å². The maximum absolute atomic E-state index is 11.6. The maximum Gasteiger partial charge on any atom is 0.339 e. The molecule has 0 aliphatic carbocycles. The van der Waals surface area contributed by atoms with Gasteiger partial charge in [-0.15, -0.1) is 0 Å². The second-order valence-electron chi connectivity index (χ2n) is 4.35. The maximum atomic E-state index is 11.6. The average molecular weight is 349 g/mol. The summed E-state index contributed by atoms with van der Waals surface area (Å²) in [6, 6.07) is 13.9. The smallest absolute Gasteiger partial charge is 0.339 e. The number of ether oxygens (including phenoxy) is 1. The van der Waals surface area contributed by atoms with E-state index in [2.05, 4.69) is 15.9 Å². The molecule has 0 aromatic heterocycles. The van der Waals surface area contributed by atoms with Crippen molar-refractivity contribution in [3.05, 3.63) is 65.2 Å². The van der Waals surface area contributed by atoms with Gasteiger partial charge in [0, 0.05) is 5.56 Å². The molecule has 0 aliphatic rings. The first kappa shape index (κ1) is 15.3. The van der Waals surface area contributed by atoms with Gasteiger partial charge in [-0.25, -0.2) is 4.79 Å². The lowest BCUT2D eigenvalue weighted by molar-refractivity contribution is 0.0691. The lowest BCUT2D eigenvalue weighted by atomic mass is 10.1. The third-order valence-electron chi connectivity index (χ3n) is 2.89. The number of carbonyl (C=O) groups excluding carboxylic acids is 1. The van der Waals surface area contributed by atoms with Gasteiger partial charge in [0.1, 0.15) is 17.9 Å². The second-order valence-corrected chi connectivity index (χ2v) is 4.91. The number of ketones is 1. The first-order valence-corrected chi connectivity index (χ1v) is 7.37. The number of rotatable bonds is 6. The highest BCUT2D eigenvalue weighted by Gasteiger charge is 2.15. The van der Waals surface area contributed by atoms with Gasteiger partial charge in [0.05, 0.1) is 5.33 Å². The molecule has 2 aromatic rings. The van der Waals surface area contributed by atoms with Crippen LogP contribution in [0.15, 0.2) is 48.5 Å². The van der Waals surface area contributed by atoms with Gasteiger partial charge >= 0.3 is 5.97 Å². The van der Waals surface area contributed by atoms with Crippen molar-refractivity contribution in [3.63, 3.8) is 0 Å². The average Bonchev–Trinajstić information content (AvgIpc) is 2.52. The molecule has 21 heavy (non-hydrogen) atoms. The fraction of sp³-hybridized carbons (Fsp3) is 0.125. The molecule has 0 saturated heterocycles. The number of carbonyl (C=O) groups is 2. The molecule has 5 heteroatoms. The van der Waals surface area contributed by atoms with Crippen molar-refractivity contribution in [2.45, 2.75) is 6.61 Å². The Bertz CT molecular complexity index is 653. The van der Waals surface area contributed by atoms with Gasteiger partial charge in [-0.3, -0.25) is 4.79 Å². The van der Waals surface area contributed by atoms with Crippen molar-refractivity contribution >= 4 is 27.7 Å². The lowest BCUT2D eigenvalue weighted by Gasteiger charge is -2.10. The zero-order chi connectivity index (χ0) is 15.2. The van der Waals surface area contributed by atoms with Crippen molar-refractivity contribution in [3.8, 4) is 5.75 Å². The standard InChI is InChI=1S/C16H13BrO4/c17-9-14(18)12-6-7-15(13(8-12)16(19)20)21-10-11-4-2-1-3-5-11/h1-8H,9-10H2,(H,19,20). The van der Waals surface area contributed by atoms with E-state index in [9.17, 15) is 14.7 Å². The van der Waals surface area contributed by atoms with E-state index >= 15 is 0 Å². The van der Waals surface area contributed by atoms with Gasteiger partial charge in [-0.1, -0.05) is 46.3 Å². The van der Waals surface area contributed by atoms with Gasteiger partial charge in [-0.05, 0) is 23.8 Å². The molecule has 0 fully saturated rings. The number of halogens is 1. The molecule has 0 bridgehead atoms. The quantitative estimate of drug-likeness (QED) is 0.640. The van der Waals surface area contributed by atoms with Crippen LogP contribution in [0.5, 0.6) is 5.75 Å². The minimum atomic E-state index is -1.12. The van der Waals surface area contributed by atoms with Gasteiger partial charge < -0.3 is 9.84 Å². The van der Waals surface area contributed by atoms with E-state index in [4.69, 9.17) is 4.74 Å². The Balaban J connectivity index is 2.22. The van der Waals surface area contributed by atoms with E-state index < -0.39 is 5.97 Å². The molecule has 0 unspecified atom stereocenters. The summed E-state index contributed by atoms with van der Waals surface area (Å²) in [6.45, 7) is 0.271.